The first-order valence-electron chi connectivity index (χ1n) is 7.54. The van der Waals surface area contributed by atoms with Crippen LogP contribution in [-0.4, -0.2) is 41.9 Å². The third kappa shape index (κ3) is 2.37. The highest BCUT2D eigenvalue weighted by molar-refractivity contribution is 6.32. The van der Waals surface area contributed by atoms with E-state index in [2.05, 4.69) is 20.2 Å². The maximum absolute atomic E-state index is 13.1. The van der Waals surface area contributed by atoms with Gasteiger partial charge >= 0.3 is 0 Å². The Kier molecular flexibility index (Phi) is 3.49. The number of carbonyl (C=O) groups excluding carboxylic acids is 1. The summed E-state index contributed by atoms with van der Waals surface area (Å²) < 4.78 is 1.73. The van der Waals surface area contributed by atoms with E-state index in [0.29, 0.717) is 23.7 Å². The van der Waals surface area contributed by atoms with Crippen LogP contribution in [0.1, 0.15) is 41.6 Å². The predicted octanol–water partition coefficient (Wildman–Crippen LogP) is 2.47. The lowest BCUT2D eigenvalue weighted by Crippen LogP contribution is -2.39. The van der Waals surface area contributed by atoms with Crippen molar-refractivity contribution in [2.24, 2.45) is 0 Å². The van der Waals surface area contributed by atoms with Crippen LogP contribution in [0.3, 0.4) is 0 Å². The molecule has 1 fully saturated rings. The van der Waals surface area contributed by atoms with Gasteiger partial charge in [0.2, 0.25) is 0 Å². The maximum Gasteiger partial charge on any atom is 0.274 e. The Hall–Kier alpha value is -2.41. The van der Waals surface area contributed by atoms with Crippen LogP contribution in [0.25, 0.3) is 5.65 Å². The van der Waals surface area contributed by atoms with Crippen molar-refractivity contribution in [3.05, 3.63) is 47.4 Å². The maximum atomic E-state index is 13.1. The van der Waals surface area contributed by atoms with Crippen molar-refractivity contribution in [2.75, 3.05) is 6.54 Å². The number of H-pyrrole nitrogens is 1. The van der Waals surface area contributed by atoms with Crippen LogP contribution in [0.15, 0.2) is 30.7 Å². The number of piperidine rings is 1. The van der Waals surface area contributed by atoms with Crippen LogP contribution in [0.5, 0.6) is 0 Å². The zero-order valence-electron chi connectivity index (χ0n) is 12.3. The summed E-state index contributed by atoms with van der Waals surface area (Å²) in [5.74, 6) is 0.581. The predicted molar refractivity (Wildman–Crippen MR) is 84.2 cm³/mol. The third-order valence-corrected chi connectivity index (χ3v) is 4.47. The Morgan fingerprint density at radius 3 is 3.09 bits per heavy atom. The molecule has 1 amide bonds. The van der Waals surface area contributed by atoms with E-state index in [-0.39, 0.29) is 17.1 Å². The average molecular weight is 331 g/mol. The van der Waals surface area contributed by atoms with Gasteiger partial charge in [0.25, 0.3) is 5.91 Å². The molecule has 8 heteroatoms. The summed E-state index contributed by atoms with van der Waals surface area (Å²) in [7, 11) is 0. The van der Waals surface area contributed by atoms with Crippen LogP contribution < -0.4 is 0 Å². The quantitative estimate of drug-likeness (QED) is 0.783. The largest absolute Gasteiger partial charge is 0.327 e. The number of aromatic amines is 1. The molecule has 1 aliphatic heterocycles. The minimum absolute atomic E-state index is 0.107. The second-order valence-corrected chi connectivity index (χ2v) is 5.92. The van der Waals surface area contributed by atoms with Crippen LogP contribution in [0, 0.1) is 0 Å². The van der Waals surface area contributed by atoms with E-state index in [1.54, 1.807) is 10.6 Å². The van der Waals surface area contributed by atoms with Gasteiger partial charge in [-0.3, -0.25) is 14.3 Å². The van der Waals surface area contributed by atoms with Gasteiger partial charge in [0.1, 0.15) is 17.8 Å². The zero-order valence-corrected chi connectivity index (χ0v) is 13.1. The smallest absolute Gasteiger partial charge is 0.274 e. The van der Waals surface area contributed by atoms with E-state index in [9.17, 15) is 4.79 Å². The third-order valence-electron chi connectivity index (χ3n) is 4.20. The van der Waals surface area contributed by atoms with E-state index < -0.39 is 0 Å². The molecule has 1 saturated heterocycles. The second kappa shape index (κ2) is 5.66. The number of amides is 1. The van der Waals surface area contributed by atoms with E-state index in [0.717, 1.165) is 19.3 Å². The number of pyridine rings is 1. The van der Waals surface area contributed by atoms with Gasteiger partial charge in [0.05, 0.1) is 6.04 Å². The Morgan fingerprint density at radius 1 is 1.35 bits per heavy atom. The van der Waals surface area contributed by atoms with Gasteiger partial charge in [-0.25, -0.2) is 9.97 Å². The summed E-state index contributed by atoms with van der Waals surface area (Å²) in [5, 5.41) is 7.01. The Labute approximate surface area is 137 Å². The first kappa shape index (κ1) is 14.2. The first-order valence-corrected chi connectivity index (χ1v) is 7.92. The van der Waals surface area contributed by atoms with Gasteiger partial charge in [-0.05, 0) is 31.4 Å². The van der Waals surface area contributed by atoms with Crippen molar-refractivity contribution < 1.29 is 4.79 Å². The number of hydrogen-bond donors (Lipinski definition) is 1. The van der Waals surface area contributed by atoms with Crippen molar-refractivity contribution in [1.82, 2.24) is 29.5 Å². The highest BCUT2D eigenvalue weighted by atomic mass is 35.5. The van der Waals surface area contributed by atoms with Crippen molar-refractivity contribution >= 4 is 23.2 Å². The number of aromatic nitrogens is 5. The number of halogens is 1. The minimum atomic E-state index is -0.130. The molecule has 1 atom stereocenters. The summed E-state index contributed by atoms with van der Waals surface area (Å²) in [6.45, 7) is 0.667. The Bertz CT molecular complexity index is 843. The van der Waals surface area contributed by atoms with Crippen molar-refractivity contribution in [1.29, 1.82) is 0 Å². The van der Waals surface area contributed by atoms with Crippen molar-refractivity contribution in [3.8, 4) is 0 Å². The summed E-state index contributed by atoms with van der Waals surface area (Å²) in [6.07, 6.45) is 6.14. The van der Waals surface area contributed by atoms with Crippen molar-refractivity contribution in [2.45, 2.75) is 25.3 Å². The lowest BCUT2D eigenvalue weighted by atomic mass is 10.0. The molecule has 4 heterocycles. The van der Waals surface area contributed by atoms with Crippen LogP contribution >= 0.6 is 11.6 Å². The molecule has 3 aromatic rings. The molecule has 1 aliphatic rings. The lowest BCUT2D eigenvalue weighted by Gasteiger charge is -2.34. The fraction of sp³-hybridized carbons (Fsp3) is 0.333. The normalized spacial score (nSPS) is 18.5. The number of nitrogens with one attached hydrogen (secondary N) is 1. The van der Waals surface area contributed by atoms with Crippen LogP contribution in [-0.2, 0) is 0 Å². The Morgan fingerprint density at radius 2 is 2.26 bits per heavy atom. The topological polar surface area (TPSA) is 79.2 Å². The number of hydrogen-bond acceptors (Lipinski definition) is 4. The molecule has 1 N–H and O–H groups in total. The summed E-state index contributed by atoms with van der Waals surface area (Å²) in [5.41, 5.74) is 1.06. The van der Waals surface area contributed by atoms with E-state index in [4.69, 9.17) is 11.6 Å². The lowest BCUT2D eigenvalue weighted by molar-refractivity contribution is 0.0593. The minimum Gasteiger partial charge on any atom is -0.327 e. The molecule has 0 bridgehead atoms. The number of imidazole rings is 1. The molecule has 3 aromatic heterocycles. The molecule has 23 heavy (non-hydrogen) atoms. The standard InChI is InChI=1S/C15H15ClN6O/c16-13-12(22-8-4-2-6-11(22)19-13)15(23)21-7-3-1-5-10(21)14-17-9-18-20-14/h2,4,6,8-10H,1,3,5,7H2,(H,17,18,20). The van der Waals surface area contributed by atoms with Gasteiger partial charge in [-0.2, -0.15) is 5.10 Å². The molecule has 4 rings (SSSR count). The molecule has 0 aliphatic carbocycles. The van der Waals surface area contributed by atoms with Gasteiger partial charge in [0, 0.05) is 12.7 Å². The molecule has 0 aromatic carbocycles. The molecule has 0 radical (unpaired) electrons. The zero-order chi connectivity index (χ0) is 15.8. The van der Waals surface area contributed by atoms with E-state index in [1.807, 2.05) is 23.1 Å². The summed E-state index contributed by atoms with van der Waals surface area (Å²) >= 11 is 6.24. The molecule has 7 nitrogen and oxygen atoms in total. The first-order chi connectivity index (χ1) is 11.3. The number of rotatable bonds is 2. The fourth-order valence-electron chi connectivity index (χ4n) is 3.13. The molecule has 1 unspecified atom stereocenters. The second-order valence-electron chi connectivity index (χ2n) is 5.56. The molecule has 0 spiro atoms. The van der Waals surface area contributed by atoms with Gasteiger partial charge in [-0.1, -0.05) is 17.7 Å². The molecule has 118 valence electrons. The van der Waals surface area contributed by atoms with Crippen molar-refractivity contribution in [3.63, 3.8) is 0 Å². The highest BCUT2D eigenvalue weighted by Gasteiger charge is 2.33. The SMILES string of the molecule is O=C(c1c(Cl)nc2ccccn12)N1CCCCC1c1ncn[nH]1. The number of carbonyl (C=O) groups is 1. The van der Waals surface area contributed by atoms with Crippen LogP contribution in [0.4, 0.5) is 0 Å². The van der Waals surface area contributed by atoms with Gasteiger partial charge in [0.15, 0.2) is 10.8 Å². The number of fused-ring (bicyclic) bond motifs is 1. The number of nitrogens with zero attached hydrogens (tertiary/aromatic N) is 5. The van der Waals surface area contributed by atoms with E-state index >= 15 is 0 Å². The molecule has 0 saturated carbocycles. The Balaban J connectivity index is 1.75. The monoisotopic (exact) mass is 330 g/mol. The van der Waals surface area contributed by atoms with Crippen LogP contribution in [0.2, 0.25) is 5.15 Å². The summed E-state index contributed by atoms with van der Waals surface area (Å²) in [6, 6.07) is 5.44. The average Bonchev–Trinajstić information content (AvgIpc) is 3.21. The fourth-order valence-corrected chi connectivity index (χ4v) is 3.39. The summed E-state index contributed by atoms with van der Waals surface area (Å²) in [4.78, 5) is 23.4. The van der Waals surface area contributed by atoms with Gasteiger partial charge < -0.3 is 4.90 Å². The highest BCUT2D eigenvalue weighted by Crippen LogP contribution is 2.31. The molecular formula is C15H15ClN6O. The van der Waals surface area contributed by atoms with E-state index in [1.165, 1.54) is 6.33 Å². The van der Waals surface area contributed by atoms with Gasteiger partial charge in [-0.15, -0.1) is 0 Å². The molecular weight excluding hydrogens is 316 g/mol. The number of likely N-dealkylation sites (tertiary alicyclic amines) is 1.